The summed E-state index contributed by atoms with van der Waals surface area (Å²) in [6.07, 6.45) is 0. The second-order valence-electron chi connectivity index (χ2n) is 4.38. The van der Waals surface area contributed by atoms with E-state index in [0.29, 0.717) is 27.5 Å². The van der Waals surface area contributed by atoms with Crippen molar-refractivity contribution >= 4 is 45.7 Å². The van der Waals surface area contributed by atoms with Crippen molar-refractivity contribution in [3.05, 3.63) is 23.6 Å². The van der Waals surface area contributed by atoms with Crippen LogP contribution in [0.25, 0.3) is 0 Å². The third-order valence-corrected chi connectivity index (χ3v) is 4.47. The molecule has 0 N–H and O–H groups in total. The van der Waals surface area contributed by atoms with Gasteiger partial charge in [-0.25, -0.2) is 0 Å². The Bertz CT molecular complexity index is 568. The second-order valence-corrected chi connectivity index (χ2v) is 6.38. The monoisotopic (exact) mass is 310 g/mol. The van der Waals surface area contributed by atoms with Crippen molar-refractivity contribution in [3.63, 3.8) is 0 Å². The summed E-state index contributed by atoms with van der Waals surface area (Å²) in [5.74, 6) is 0.182. The summed E-state index contributed by atoms with van der Waals surface area (Å²) in [6.45, 7) is 9.70. The molecule has 2 aliphatic heterocycles. The molecule has 2 amide bonds. The smallest absolute Gasteiger partial charge is 0.266 e. The van der Waals surface area contributed by atoms with E-state index in [1.807, 2.05) is 6.92 Å². The average Bonchev–Trinajstić information content (AvgIpc) is 2.83. The van der Waals surface area contributed by atoms with Gasteiger partial charge in [0.05, 0.1) is 10.7 Å². The van der Waals surface area contributed by atoms with E-state index in [-0.39, 0.29) is 11.8 Å². The van der Waals surface area contributed by atoms with E-state index in [2.05, 4.69) is 23.4 Å². The van der Waals surface area contributed by atoms with Crippen LogP contribution in [0.15, 0.2) is 33.8 Å². The third-order valence-electron chi connectivity index (χ3n) is 2.56. The van der Waals surface area contributed by atoms with Crippen molar-refractivity contribution in [2.45, 2.75) is 6.92 Å². The molecule has 0 aromatic heterocycles. The molecule has 0 aromatic rings. The maximum absolute atomic E-state index is 11.9. The Balaban J connectivity index is 2.21. The summed E-state index contributed by atoms with van der Waals surface area (Å²) in [4.78, 5) is 26.7. The van der Waals surface area contributed by atoms with E-state index in [0.717, 1.165) is 5.57 Å². The van der Waals surface area contributed by atoms with Gasteiger partial charge in [-0.3, -0.25) is 19.4 Å². The van der Waals surface area contributed by atoms with Crippen LogP contribution in [0.4, 0.5) is 0 Å². The standard InChI is InChI=1S/C12H14N4O2S2/c1-7(2)5-16-10(18)8(3)20-12(16)14-13-11-15(4)9(17)6-19-11/h1,3,5-6H2,2,4H3/b13-11+,14-12+. The van der Waals surface area contributed by atoms with Crippen molar-refractivity contribution in [1.29, 1.82) is 0 Å². The van der Waals surface area contributed by atoms with Gasteiger partial charge in [0.15, 0.2) is 10.3 Å². The van der Waals surface area contributed by atoms with Gasteiger partial charge < -0.3 is 0 Å². The number of carbonyl (C=O) groups excluding carboxylic acids is 2. The fraction of sp³-hybridized carbons (Fsp3) is 0.333. The summed E-state index contributed by atoms with van der Waals surface area (Å²) >= 11 is 2.51. The molecule has 6 nitrogen and oxygen atoms in total. The normalized spacial score (nSPS) is 23.6. The minimum absolute atomic E-state index is 0.00713. The lowest BCUT2D eigenvalue weighted by Gasteiger charge is -2.14. The van der Waals surface area contributed by atoms with Gasteiger partial charge in [-0.1, -0.05) is 30.5 Å². The fourth-order valence-corrected chi connectivity index (χ4v) is 3.14. The first kappa shape index (κ1) is 14.9. The highest BCUT2D eigenvalue weighted by Gasteiger charge is 2.32. The quantitative estimate of drug-likeness (QED) is 0.450. The van der Waals surface area contributed by atoms with Gasteiger partial charge in [0, 0.05) is 13.6 Å². The molecule has 0 unspecified atom stereocenters. The highest BCUT2D eigenvalue weighted by Crippen LogP contribution is 2.30. The number of carbonyl (C=O) groups is 2. The van der Waals surface area contributed by atoms with Crippen LogP contribution in [-0.4, -0.2) is 51.3 Å². The van der Waals surface area contributed by atoms with E-state index >= 15 is 0 Å². The zero-order chi connectivity index (χ0) is 14.9. The lowest BCUT2D eigenvalue weighted by atomic mass is 10.3. The van der Waals surface area contributed by atoms with Crippen LogP contribution in [0.1, 0.15) is 6.92 Å². The molecule has 0 radical (unpaired) electrons. The Morgan fingerprint density at radius 3 is 2.55 bits per heavy atom. The van der Waals surface area contributed by atoms with Gasteiger partial charge in [0.1, 0.15) is 0 Å². The molecule has 2 aliphatic rings. The van der Waals surface area contributed by atoms with Gasteiger partial charge in [0.25, 0.3) is 5.91 Å². The van der Waals surface area contributed by atoms with Crippen molar-refractivity contribution in [2.75, 3.05) is 19.3 Å². The molecule has 0 spiro atoms. The van der Waals surface area contributed by atoms with Gasteiger partial charge >= 0.3 is 0 Å². The second kappa shape index (κ2) is 5.84. The number of amides is 2. The molecule has 8 heteroatoms. The predicted octanol–water partition coefficient (Wildman–Crippen LogP) is 1.48. The molecule has 2 rings (SSSR count). The highest BCUT2D eigenvalue weighted by molar-refractivity contribution is 8.18. The number of hydrogen-bond acceptors (Lipinski definition) is 6. The Labute approximate surface area is 125 Å². The van der Waals surface area contributed by atoms with Crippen LogP contribution in [0, 0.1) is 0 Å². The topological polar surface area (TPSA) is 65.3 Å². The zero-order valence-corrected chi connectivity index (χ0v) is 12.9. The lowest BCUT2D eigenvalue weighted by molar-refractivity contribution is -0.123. The van der Waals surface area contributed by atoms with Gasteiger partial charge in [0.2, 0.25) is 5.91 Å². The van der Waals surface area contributed by atoms with Crippen LogP contribution < -0.4 is 0 Å². The van der Waals surface area contributed by atoms with Crippen molar-refractivity contribution in [3.8, 4) is 0 Å². The van der Waals surface area contributed by atoms with Crippen LogP contribution in [-0.2, 0) is 9.59 Å². The molecule has 0 aromatic carbocycles. The van der Waals surface area contributed by atoms with Crippen LogP contribution in [0.5, 0.6) is 0 Å². The molecular weight excluding hydrogens is 296 g/mol. The molecule has 20 heavy (non-hydrogen) atoms. The molecule has 0 atom stereocenters. The third kappa shape index (κ3) is 2.96. The first-order chi connectivity index (χ1) is 9.40. The first-order valence-corrected chi connectivity index (χ1v) is 7.58. The van der Waals surface area contributed by atoms with Crippen molar-refractivity contribution < 1.29 is 9.59 Å². The minimum Gasteiger partial charge on any atom is -0.292 e. The maximum Gasteiger partial charge on any atom is 0.266 e. The SMILES string of the molecule is C=C(C)CN1C(=O)C(=C)S/C1=N/N=C1/SCC(=O)N1C. The maximum atomic E-state index is 11.9. The van der Waals surface area contributed by atoms with Crippen LogP contribution >= 0.6 is 23.5 Å². The summed E-state index contributed by atoms with van der Waals surface area (Å²) in [5.41, 5.74) is 0.844. The molecule has 0 aliphatic carbocycles. The van der Waals surface area contributed by atoms with Crippen LogP contribution in [0.2, 0.25) is 0 Å². The molecule has 0 bridgehead atoms. The van der Waals surface area contributed by atoms with E-state index in [1.54, 1.807) is 7.05 Å². The summed E-state index contributed by atoms with van der Waals surface area (Å²) in [7, 11) is 1.65. The largest absolute Gasteiger partial charge is 0.292 e. The average molecular weight is 310 g/mol. The molecule has 2 saturated heterocycles. The lowest BCUT2D eigenvalue weighted by Crippen LogP contribution is -2.30. The van der Waals surface area contributed by atoms with Crippen molar-refractivity contribution in [1.82, 2.24) is 9.80 Å². The summed E-state index contributed by atoms with van der Waals surface area (Å²) in [5, 5.41) is 9.12. The summed E-state index contributed by atoms with van der Waals surface area (Å²) < 4.78 is 0. The van der Waals surface area contributed by atoms with E-state index in [1.165, 1.54) is 33.3 Å². The van der Waals surface area contributed by atoms with E-state index in [9.17, 15) is 9.59 Å². The Kier molecular flexibility index (Phi) is 4.34. The number of rotatable bonds is 3. The Morgan fingerprint density at radius 1 is 1.35 bits per heavy atom. The highest BCUT2D eigenvalue weighted by atomic mass is 32.2. The molecule has 106 valence electrons. The Morgan fingerprint density at radius 2 is 2.00 bits per heavy atom. The number of nitrogens with zero attached hydrogens (tertiary/aromatic N) is 4. The zero-order valence-electron chi connectivity index (χ0n) is 11.3. The van der Waals surface area contributed by atoms with Gasteiger partial charge in [-0.05, 0) is 18.7 Å². The van der Waals surface area contributed by atoms with E-state index < -0.39 is 0 Å². The molecule has 2 fully saturated rings. The number of thioether (sulfide) groups is 2. The predicted molar refractivity (Wildman–Crippen MR) is 83.4 cm³/mol. The molecule has 0 saturated carbocycles. The van der Waals surface area contributed by atoms with Gasteiger partial charge in [-0.2, -0.15) is 0 Å². The molecular formula is C12H14N4O2S2. The minimum atomic E-state index is -0.180. The number of hydrogen-bond donors (Lipinski definition) is 0. The first-order valence-electron chi connectivity index (χ1n) is 5.78. The van der Waals surface area contributed by atoms with Crippen LogP contribution in [0.3, 0.4) is 0 Å². The molecule has 2 heterocycles. The number of amidine groups is 2. The fourth-order valence-electron chi connectivity index (χ4n) is 1.54. The summed E-state index contributed by atoms with van der Waals surface area (Å²) in [6, 6.07) is 0. The van der Waals surface area contributed by atoms with Gasteiger partial charge in [-0.15, -0.1) is 10.2 Å². The van der Waals surface area contributed by atoms with Crippen molar-refractivity contribution in [2.24, 2.45) is 10.2 Å². The van der Waals surface area contributed by atoms with E-state index in [4.69, 9.17) is 0 Å². The Hall–Kier alpha value is -1.54.